The van der Waals surface area contributed by atoms with Crippen LogP contribution in [0, 0.1) is 5.92 Å². The first-order valence-corrected chi connectivity index (χ1v) is 11.0. The lowest BCUT2D eigenvalue weighted by Crippen LogP contribution is -2.52. The van der Waals surface area contributed by atoms with Crippen LogP contribution >= 0.6 is 0 Å². The van der Waals surface area contributed by atoms with Crippen LogP contribution in [0.1, 0.15) is 64.4 Å². The van der Waals surface area contributed by atoms with Crippen molar-refractivity contribution in [3.8, 4) is 0 Å². The van der Waals surface area contributed by atoms with E-state index in [-0.39, 0.29) is 17.7 Å². The number of fused-ring (bicyclic) bond motifs is 1. The van der Waals surface area contributed by atoms with Crippen LogP contribution in [-0.2, 0) is 14.4 Å². The quantitative estimate of drug-likeness (QED) is 0.753. The van der Waals surface area contributed by atoms with Gasteiger partial charge < -0.3 is 15.5 Å². The molecule has 7 heteroatoms. The van der Waals surface area contributed by atoms with Gasteiger partial charge in [-0.1, -0.05) is 44.4 Å². The molecule has 1 saturated carbocycles. The number of rotatable bonds is 6. The Morgan fingerprint density at radius 3 is 2.60 bits per heavy atom. The number of likely N-dealkylation sites (N-methyl/N-ethyl adjacent to an activating group) is 1. The Kier molecular flexibility index (Phi) is 7.24. The van der Waals surface area contributed by atoms with E-state index < -0.39 is 18.1 Å². The first-order chi connectivity index (χ1) is 14.4. The van der Waals surface area contributed by atoms with Crippen molar-refractivity contribution < 1.29 is 14.4 Å². The van der Waals surface area contributed by atoms with Gasteiger partial charge in [0.25, 0.3) is 5.91 Å². The molecule has 0 bridgehead atoms. The number of hydrogen-bond donors (Lipinski definition) is 2. The van der Waals surface area contributed by atoms with Crippen molar-refractivity contribution in [3.63, 3.8) is 0 Å². The van der Waals surface area contributed by atoms with Crippen LogP contribution in [0.5, 0.6) is 0 Å². The van der Waals surface area contributed by atoms with Crippen LogP contribution < -0.4 is 15.5 Å². The minimum Gasteiger partial charge on any atom is -0.345 e. The largest absolute Gasteiger partial charge is 0.345 e. The Balaban J connectivity index is 1.87. The number of aliphatic imine (C=N–C) groups is 1. The van der Waals surface area contributed by atoms with E-state index in [2.05, 4.69) is 10.6 Å². The third-order valence-corrected chi connectivity index (χ3v) is 5.89. The van der Waals surface area contributed by atoms with Crippen molar-refractivity contribution in [1.82, 2.24) is 10.6 Å². The molecule has 1 fully saturated rings. The van der Waals surface area contributed by atoms with Crippen molar-refractivity contribution in [2.24, 2.45) is 10.9 Å². The minimum absolute atomic E-state index is 0.178. The molecule has 1 unspecified atom stereocenters. The maximum atomic E-state index is 13.1. The molecule has 1 aromatic carbocycles. The summed E-state index contributed by atoms with van der Waals surface area (Å²) >= 11 is 0. The zero-order chi connectivity index (χ0) is 21.7. The Morgan fingerprint density at radius 1 is 1.20 bits per heavy atom. The number of para-hydroxylation sites is 1. The Labute approximate surface area is 178 Å². The second-order valence-corrected chi connectivity index (χ2v) is 8.21. The van der Waals surface area contributed by atoms with Crippen molar-refractivity contribution in [2.75, 3.05) is 11.9 Å². The number of nitrogens with zero attached hydrogens (tertiary/aromatic N) is 2. The summed E-state index contributed by atoms with van der Waals surface area (Å²) in [6.07, 6.45) is 5.66. The van der Waals surface area contributed by atoms with Gasteiger partial charge in [0.15, 0.2) is 0 Å². The highest BCUT2D eigenvalue weighted by Gasteiger charge is 2.34. The molecule has 7 nitrogen and oxygen atoms in total. The molecule has 1 aliphatic heterocycles. The first kappa shape index (κ1) is 22.0. The van der Waals surface area contributed by atoms with Crippen LogP contribution in [0.4, 0.5) is 5.69 Å². The van der Waals surface area contributed by atoms with Crippen molar-refractivity contribution in [2.45, 2.75) is 71.0 Å². The van der Waals surface area contributed by atoms with E-state index >= 15 is 0 Å². The number of benzodiazepines with no additional fused rings is 1. The molecule has 1 heterocycles. The summed E-state index contributed by atoms with van der Waals surface area (Å²) in [7, 11) is 1.71. The number of anilines is 1. The van der Waals surface area contributed by atoms with Gasteiger partial charge in [-0.3, -0.25) is 19.4 Å². The molecule has 0 radical (unpaired) electrons. The molecule has 0 saturated heterocycles. The van der Waals surface area contributed by atoms with Gasteiger partial charge in [-0.2, -0.15) is 0 Å². The van der Waals surface area contributed by atoms with Gasteiger partial charge in [-0.05, 0) is 32.3 Å². The maximum absolute atomic E-state index is 13.1. The summed E-state index contributed by atoms with van der Waals surface area (Å²) in [5.74, 6) is -0.596. The highest BCUT2D eigenvalue weighted by molar-refractivity contribution is 6.14. The fourth-order valence-corrected chi connectivity index (χ4v) is 4.21. The Hall–Kier alpha value is -2.70. The maximum Gasteiger partial charge on any atom is 0.272 e. The molecule has 3 amide bonds. The molecule has 1 aromatic rings. The molecule has 162 valence electrons. The lowest BCUT2D eigenvalue weighted by Gasteiger charge is -2.25. The predicted octanol–water partition coefficient (Wildman–Crippen LogP) is 2.78. The molecule has 2 aliphatic rings. The van der Waals surface area contributed by atoms with Gasteiger partial charge in [0, 0.05) is 24.9 Å². The van der Waals surface area contributed by atoms with Gasteiger partial charge >= 0.3 is 0 Å². The molecular formula is C23H32N4O3. The molecule has 0 aromatic heterocycles. The first-order valence-electron chi connectivity index (χ1n) is 11.0. The number of carbonyl (C=O) groups excluding carboxylic acids is 3. The summed E-state index contributed by atoms with van der Waals surface area (Å²) in [6.45, 7) is 3.53. The van der Waals surface area contributed by atoms with Gasteiger partial charge in [-0.25, -0.2) is 0 Å². The SMILES string of the molecule is CCCC(=O)N[C@@H](C)C(=O)NC1N=C(C2CCCCC2)c2ccccc2N(C)C1=O. The zero-order valence-corrected chi connectivity index (χ0v) is 18.1. The van der Waals surface area contributed by atoms with Gasteiger partial charge in [0.1, 0.15) is 6.04 Å². The second-order valence-electron chi connectivity index (χ2n) is 8.21. The molecule has 3 rings (SSSR count). The van der Waals surface area contributed by atoms with E-state index in [0.29, 0.717) is 12.8 Å². The third-order valence-electron chi connectivity index (χ3n) is 5.89. The Morgan fingerprint density at radius 2 is 1.90 bits per heavy atom. The number of hydrogen-bond acceptors (Lipinski definition) is 4. The highest BCUT2D eigenvalue weighted by Crippen LogP contribution is 2.33. The van der Waals surface area contributed by atoms with E-state index in [1.807, 2.05) is 31.2 Å². The molecule has 2 N–H and O–H groups in total. The van der Waals surface area contributed by atoms with Crippen LogP contribution in [0.3, 0.4) is 0 Å². The summed E-state index contributed by atoms with van der Waals surface area (Å²) in [5.41, 5.74) is 2.67. The monoisotopic (exact) mass is 412 g/mol. The number of benzene rings is 1. The number of carbonyl (C=O) groups is 3. The zero-order valence-electron chi connectivity index (χ0n) is 18.1. The predicted molar refractivity (Wildman–Crippen MR) is 117 cm³/mol. The molecule has 1 aliphatic carbocycles. The average Bonchev–Trinajstić information content (AvgIpc) is 2.85. The van der Waals surface area contributed by atoms with Crippen LogP contribution in [0.15, 0.2) is 29.3 Å². The number of nitrogens with one attached hydrogen (secondary N) is 2. The number of amides is 3. The molecule has 0 spiro atoms. The van der Waals surface area contributed by atoms with Gasteiger partial charge in [0.05, 0.1) is 11.4 Å². The smallest absolute Gasteiger partial charge is 0.272 e. The topological polar surface area (TPSA) is 90.9 Å². The van der Waals surface area contributed by atoms with Crippen LogP contribution in [0.2, 0.25) is 0 Å². The van der Waals surface area contributed by atoms with E-state index in [1.54, 1.807) is 18.9 Å². The molecule has 30 heavy (non-hydrogen) atoms. The fraction of sp³-hybridized carbons (Fsp3) is 0.565. The standard InChI is InChI=1S/C23H32N4O3/c1-4-10-19(28)24-15(2)22(29)26-21-23(30)27(3)18-14-9-8-13-17(18)20(25-21)16-11-6-5-7-12-16/h8-9,13-16,21H,4-7,10-12H2,1-3H3,(H,24,28)(H,26,29)/t15-,21?/m0/s1. The molecule has 2 atom stereocenters. The third kappa shape index (κ3) is 4.89. The summed E-state index contributed by atoms with van der Waals surface area (Å²) in [6, 6.07) is 7.06. The molecular weight excluding hydrogens is 380 g/mol. The summed E-state index contributed by atoms with van der Waals surface area (Å²) in [5, 5.41) is 5.44. The normalized spacial score (nSPS) is 20.6. The fourth-order valence-electron chi connectivity index (χ4n) is 4.21. The van der Waals surface area contributed by atoms with E-state index in [9.17, 15) is 14.4 Å². The van der Waals surface area contributed by atoms with E-state index in [4.69, 9.17) is 4.99 Å². The lowest BCUT2D eigenvalue weighted by molar-refractivity contribution is -0.130. The second kappa shape index (κ2) is 9.87. The average molecular weight is 413 g/mol. The van der Waals surface area contributed by atoms with E-state index in [0.717, 1.165) is 42.6 Å². The Bertz CT molecular complexity index is 829. The minimum atomic E-state index is -1.00. The van der Waals surface area contributed by atoms with Gasteiger partial charge in [0.2, 0.25) is 18.0 Å². The van der Waals surface area contributed by atoms with Gasteiger partial charge in [-0.15, -0.1) is 0 Å². The highest BCUT2D eigenvalue weighted by atomic mass is 16.2. The van der Waals surface area contributed by atoms with Crippen molar-refractivity contribution in [1.29, 1.82) is 0 Å². The van der Waals surface area contributed by atoms with E-state index in [1.165, 1.54) is 6.42 Å². The van der Waals surface area contributed by atoms with Crippen LogP contribution in [-0.4, -0.2) is 42.7 Å². The summed E-state index contributed by atoms with van der Waals surface area (Å²) < 4.78 is 0. The lowest BCUT2D eigenvalue weighted by atomic mass is 9.83. The van der Waals surface area contributed by atoms with Crippen molar-refractivity contribution in [3.05, 3.63) is 29.8 Å². The van der Waals surface area contributed by atoms with Crippen LogP contribution in [0.25, 0.3) is 0 Å². The summed E-state index contributed by atoms with van der Waals surface area (Å²) in [4.78, 5) is 44.0. The van der Waals surface area contributed by atoms with Crippen molar-refractivity contribution >= 4 is 29.1 Å².